The van der Waals surface area contributed by atoms with Gasteiger partial charge in [0.1, 0.15) is 6.54 Å². The number of aromatic nitrogens is 2. The molecule has 2 atom stereocenters. The number of hydrogen-bond donors (Lipinski definition) is 1. The van der Waals surface area contributed by atoms with Crippen molar-refractivity contribution in [1.29, 1.82) is 5.26 Å². The highest BCUT2D eigenvalue weighted by Gasteiger charge is 2.60. The maximum Gasteiger partial charge on any atom is 0.254 e. The van der Waals surface area contributed by atoms with Crippen molar-refractivity contribution in [3.05, 3.63) is 52.0 Å². The van der Waals surface area contributed by atoms with Gasteiger partial charge in [-0.25, -0.2) is 14.4 Å². The Morgan fingerprint density at radius 1 is 1.44 bits per heavy atom. The molecule has 1 aromatic carbocycles. The van der Waals surface area contributed by atoms with Gasteiger partial charge in [0.25, 0.3) is 5.91 Å². The van der Waals surface area contributed by atoms with Crippen LogP contribution in [0.3, 0.4) is 0 Å². The van der Waals surface area contributed by atoms with Crippen LogP contribution in [0.1, 0.15) is 22.3 Å². The molecule has 4 rings (SSSR count). The molecule has 1 fully saturated rings. The predicted octanol–water partition coefficient (Wildman–Crippen LogP) is 2.25. The second-order valence-corrected chi connectivity index (χ2v) is 7.58. The van der Waals surface area contributed by atoms with E-state index in [1.807, 2.05) is 6.07 Å². The Morgan fingerprint density at radius 3 is 2.85 bits per heavy atom. The van der Waals surface area contributed by atoms with E-state index < -0.39 is 17.1 Å². The number of anilines is 1. The van der Waals surface area contributed by atoms with Crippen LogP contribution in [-0.2, 0) is 10.2 Å². The van der Waals surface area contributed by atoms with Crippen LogP contribution >= 0.6 is 15.9 Å². The van der Waals surface area contributed by atoms with Gasteiger partial charge in [-0.2, -0.15) is 5.26 Å². The first kappa shape index (κ1) is 17.5. The molecule has 1 saturated carbocycles. The van der Waals surface area contributed by atoms with Gasteiger partial charge in [-0.05, 0) is 30.2 Å². The van der Waals surface area contributed by atoms with Crippen molar-refractivity contribution in [2.45, 2.75) is 11.8 Å². The van der Waals surface area contributed by atoms with Crippen LogP contribution in [0, 0.1) is 23.1 Å². The fraction of sp³-hybridized carbons (Fsp3) is 0.278. The molecule has 1 aliphatic heterocycles. The van der Waals surface area contributed by atoms with Crippen LogP contribution in [-0.4, -0.2) is 39.8 Å². The van der Waals surface area contributed by atoms with Crippen LogP contribution in [0.25, 0.3) is 0 Å². The van der Waals surface area contributed by atoms with Gasteiger partial charge in [0, 0.05) is 22.0 Å². The minimum atomic E-state index is -0.611. The summed E-state index contributed by atoms with van der Waals surface area (Å²) in [7, 11) is 0. The average molecular weight is 430 g/mol. The molecular weight excluding hydrogens is 417 g/mol. The molecule has 1 aliphatic carbocycles. The van der Waals surface area contributed by atoms with E-state index in [0.29, 0.717) is 18.5 Å². The van der Waals surface area contributed by atoms with Crippen molar-refractivity contribution in [2.24, 2.45) is 5.92 Å². The Hall–Kier alpha value is -2.86. The Kier molecular flexibility index (Phi) is 4.15. The number of nitrogens with zero attached hydrogens (tertiary/aromatic N) is 4. The topological polar surface area (TPSA) is 99.0 Å². The molecule has 1 aromatic heterocycles. The number of carbonyl (C=O) groups is 2. The van der Waals surface area contributed by atoms with E-state index >= 15 is 0 Å². The summed E-state index contributed by atoms with van der Waals surface area (Å²) in [5.41, 5.74) is 0.925. The average Bonchev–Trinajstić information content (AvgIpc) is 3.35. The second-order valence-electron chi connectivity index (χ2n) is 6.67. The lowest BCUT2D eigenvalue weighted by molar-refractivity contribution is -0.117. The van der Waals surface area contributed by atoms with Gasteiger partial charge in [-0.1, -0.05) is 15.9 Å². The molecule has 27 heavy (non-hydrogen) atoms. The summed E-state index contributed by atoms with van der Waals surface area (Å²) in [6.07, 6.45) is 2.54. The number of nitrogens with one attached hydrogen (secondary N) is 1. The molecule has 1 N–H and O–H groups in total. The summed E-state index contributed by atoms with van der Waals surface area (Å²) in [5.74, 6) is -1.59. The third kappa shape index (κ3) is 3.06. The molecule has 2 aromatic rings. The monoisotopic (exact) mass is 429 g/mol. The van der Waals surface area contributed by atoms with Gasteiger partial charge in [0.05, 0.1) is 24.4 Å². The lowest BCUT2D eigenvalue weighted by Gasteiger charge is -2.34. The first-order valence-corrected chi connectivity index (χ1v) is 8.98. The first-order valence-electron chi connectivity index (χ1n) is 8.19. The standard InChI is InChI=1S/C18H13BrFN5O2/c19-11-1-2-13-14(3-11)18(4-10(18)5-21)9-25(16(13)27)8-15(26)24-17-22-6-12(20)7-23-17/h1-3,6-7,10H,4,8-9H2,(H,22,23,24,26)/t10-,18+/m1/s1. The van der Waals surface area contributed by atoms with Crippen LogP contribution in [0.2, 0.25) is 0 Å². The van der Waals surface area contributed by atoms with E-state index in [4.69, 9.17) is 0 Å². The largest absolute Gasteiger partial charge is 0.328 e. The summed E-state index contributed by atoms with van der Waals surface area (Å²) in [6, 6.07) is 7.65. The van der Waals surface area contributed by atoms with Crippen LogP contribution < -0.4 is 5.32 Å². The minimum absolute atomic E-state index is 0.0359. The maximum atomic E-state index is 12.9. The summed E-state index contributed by atoms with van der Waals surface area (Å²) in [6.45, 7) is 0.0974. The van der Waals surface area contributed by atoms with E-state index in [-0.39, 0.29) is 24.3 Å². The number of benzene rings is 1. The van der Waals surface area contributed by atoms with Gasteiger partial charge in [0.2, 0.25) is 11.9 Å². The Morgan fingerprint density at radius 2 is 2.19 bits per heavy atom. The number of rotatable bonds is 3. The Bertz CT molecular complexity index is 990. The quantitative estimate of drug-likeness (QED) is 0.806. The molecule has 1 spiro atoms. The molecule has 9 heteroatoms. The number of amides is 2. The molecule has 7 nitrogen and oxygen atoms in total. The van der Waals surface area contributed by atoms with E-state index in [2.05, 4.69) is 37.3 Å². The third-order valence-corrected chi connectivity index (χ3v) is 5.44. The minimum Gasteiger partial charge on any atom is -0.328 e. The smallest absolute Gasteiger partial charge is 0.254 e. The van der Waals surface area contributed by atoms with Gasteiger partial charge in [-0.15, -0.1) is 0 Å². The highest BCUT2D eigenvalue weighted by molar-refractivity contribution is 9.10. The fourth-order valence-electron chi connectivity index (χ4n) is 3.57. The zero-order valence-electron chi connectivity index (χ0n) is 13.9. The maximum absolute atomic E-state index is 12.9. The second kappa shape index (κ2) is 6.39. The zero-order valence-corrected chi connectivity index (χ0v) is 15.5. The molecule has 2 heterocycles. The summed E-state index contributed by atoms with van der Waals surface area (Å²) >= 11 is 3.42. The van der Waals surface area contributed by atoms with E-state index in [1.165, 1.54) is 4.90 Å². The molecular formula is C18H13BrFN5O2. The summed E-state index contributed by atoms with van der Waals surface area (Å²) in [5, 5.41) is 11.8. The van der Waals surface area contributed by atoms with Gasteiger partial charge >= 0.3 is 0 Å². The first-order chi connectivity index (χ1) is 12.9. The Balaban J connectivity index is 1.56. The van der Waals surface area contributed by atoms with Gasteiger partial charge in [0.15, 0.2) is 5.82 Å². The molecule has 0 bridgehead atoms. The van der Waals surface area contributed by atoms with E-state index in [9.17, 15) is 19.2 Å². The predicted molar refractivity (Wildman–Crippen MR) is 96.1 cm³/mol. The number of carbonyl (C=O) groups excluding carboxylic acids is 2. The van der Waals surface area contributed by atoms with Crippen molar-refractivity contribution in [2.75, 3.05) is 18.4 Å². The number of halogens is 2. The highest BCUT2D eigenvalue weighted by Crippen LogP contribution is 2.57. The fourth-order valence-corrected chi connectivity index (χ4v) is 3.93. The molecule has 2 aliphatic rings. The van der Waals surface area contributed by atoms with E-state index in [1.54, 1.807) is 12.1 Å². The normalized spacial score (nSPS) is 22.9. The molecule has 0 radical (unpaired) electrons. The lowest BCUT2D eigenvalue weighted by atomic mass is 9.84. The summed E-state index contributed by atoms with van der Waals surface area (Å²) < 4.78 is 13.7. The van der Waals surface area contributed by atoms with Crippen molar-refractivity contribution >= 4 is 33.7 Å². The third-order valence-electron chi connectivity index (χ3n) is 4.95. The SMILES string of the molecule is N#C[C@H]1C[C@]12CN(CC(=O)Nc1ncc(F)cn1)C(=O)c1ccc(Br)cc12. The van der Waals surface area contributed by atoms with Crippen molar-refractivity contribution in [3.8, 4) is 6.07 Å². The number of nitriles is 1. The zero-order chi connectivity index (χ0) is 19.2. The van der Waals surface area contributed by atoms with Crippen molar-refractivity contribution in [1.82, 2.24) is 14.9 Å². The highest BCUT2D eigenvalue weighted by atomic mass is 79.9. The summed E-state index contributed by atoms with van der Waals surface area (Å²) in [4.78, 5) is 33.9. The van der Waals surface area contributed by atoms with E-state index in [0.717, 1.165) is 22.4 Å². The van der Waals surface area contributed by atoms with Crippen molar-refractivity contribution < 1.29 is 14.0 Å². The van der Waals surface area contributed by atoms with Crippen molar-refractivity contribution in [3.63, 3.8) is 0 Å². The van der Waals surface area contributed by atoms with Gasteiger partial charge < -0.3 is 4.90 Å². The van der Waals surface area contributed by atoms with Crippen LogP contribution in [0.5, 0.6) is 0 Å². The lowest BCUT2D eigenvalue weighted by Crippen LogP contribution is -2.47. The van der Waals surface area contributed by atoms with Gasteiger partial charge in [-0.3, -0.25) is 14.9 Å². The number of hydrogen-bond acceptors (Lipinski definition) is 5. The van der Waals surface area contributed by atoms with Crippen LogP contribution in [0.4, 0.5) is 10.3 Å². The molecule has 136 valence electrons. The molecule has 0 unspecified atom stereocenters. The molecule has 2 amide bonds. The number of fused-ring (bicyclic) bond motifs is 2. The molecule has 0 saturated heterocycles. The Labute approximate surface area is 162 Å². The van der Waals surface area contributed by atoms with Crippen LogP contribution in [0.15, 0.2) is 35.1 Å².